The molecule has 0 amide bonds. The summed E-state index contributed by atoms with van der Waals surface area (Å²) in [6, 6.07) is 14.7. The predicted molar refractivity (Wildman–Crippen MR) is 92.3 cm³/mol. The Morgan fingerprint density at radius 3 is 2.30 bits per heavy atom. The van der Waals surface area contributed by atoms with Gasteiger partial charge in [0.25, 0.3) is 0 Å². The van der Waals surface area contributed by atoms with E-state index in [0.717, 1.165) is 11.1 Å². The largest absolute Gasteiger partial charge is 0.478 e. The Morgan fingerprint density at radius 1 is 1.13 bits per heavy atom. The molecule has 0 bridgehead atoms. The molecule has 3 nitrogen and oxygen atoms in total. The van der Waals surface area contributed by atoms with Gasteiger partial charge >= 0.3 is 5.97 Å². The summed E-state index contributed by atoms with van der Waals surface area (Å²) < 4.78 is 5.84. The number of carbonyl (C=O) groups is 1. The van der Waals surface area contributed by atoms with Crippen LogP contribution in [0.4, 0.5) is 0 Å². The normalized spacial score (nSPS) is 12.7. The van der Waals surface area contributed by atoms with Crippen molar-refractivity contribution in [2.24, 2.45) is 0 Å². The molecule has 1 N–H and O–H groups in total. The zero-order chi connectivity index (χ0) is 17.0. The smallest absolute Gasteiger partial charge is 0.345 e. The third-order valence-electron chi connectivity index (χ3n) is 3.57. The highest BCUT2D eigenvalue weighted by atomic mass is 35.5. The highest BCUT2D eigenvalue weighted by Gasteiger charge is 2.24. The van der Waals surface area contributed by atoms with Gasteiger partial charge in [0.1, 0.15) is 5.75 Å². The number of carboxylic acid groups (broad SMARTS) is 1. The molecule has 0 aliphatic heterocycles. The molecule has 0 heterocycles. The van der Waals surface area contributed by atoms with Crippen LogP contribution in [0.1, 0.15) is 31.9 Å². The van der Waals surface area contributed by atoms with Gasteiger partial charge < -0.3 is 9.84 Å². The fourth-order valence-corrected chi connectivity index (χ4v) is 2.48. The van der Waals surface area contributed by atoms with Crippen LogP contribution in [0, 0.1) is 0 Å². The molecule has 0 aliphatic rings. The summed E-state index contributed by atoms with van der Waals surface area (Å²) >= 11 is 5.86. The topological polar surface area (TPSA) is 46.5 Å². The summed E-state index contributed by atoms with van der Waals surface area (Å²) in [5, 5.41) is 10.1. The van der Waals surface area contributed by atoms with E-state index in [0.29, 0.717) is 10.8 Å². The van der Waals surface area contributed by atoms with Crippen molar-refractivity contribution in [3.63, 3.8) is 0 Å². The summed E-state index contributed by atoms with van der Waals surface area (Å²) in [5.41, 5.74) is 1.73. The lowest BCUT2D eigenvalue weighted by Crippen LogP contribution is -2.30. The zero-order valence-corrected chi connectivity index (χ0v) is 14.3. The van der Waals surface area contributed by atoms with Crippen LogP contribution in [0.5, 0.6) is 5.75 Å². The second-order valence-electron chi connectivity index (χ2n) is 6.52. The molecule has 0 aromatic heterocycles. The van der Waals surface area contributed by atoms with Crippen molar-refractivity contribution in [1.82, 2.24) is 0 Å². The minimum atomic E-state index is -0.983. The lowest BCUT2D eigenvalue weighted by atomic mass is 9.86. The Kier molecular flexibility index (Phi) is 5.32. The number of benzene rings is 2. The lowest BCUT2D eigenvalue weighted by molar-refractivity contribution is -0.145. The fourth-order valence-electron chi connectivity index (χ4n) is 2.36. The van der Waals surface area contributed by atoms with Gasteiger partial charge in [0.2, 0.25) is 0 Å². The first-order valence-corrected chi connectivity index (χ1v) is 7.88. The zero-order valence-electron chi connectivity index (χ0n) is 13.5. The third-order valence-corrected chi connectivity index (χ3v) is 3.83. The SMILES string of the molecule is CC(C)(C)c1ccccc1O[C@@H](Cc1ccc(Cl)cc1)C(=O)O. The Labute approximate surface area is 141 Å². The van der Waals surface area contributed by atoms with Crippen LogP contribution in [0.25, 0.3) is 0 Å². The number of carboxylic acids is 1. The molecule has 2 aromatic rings. The van der Waals surface area contributed by atoms with Crippen LogP contribution in [0.2, 0.25) is 5.02 Å². The van der Waals surface area contributed by atoms with Gasteiger partial charge in [-0.3, -0.25) is 0 Å². The molecule has 0 aliphatic carbocycles. The van der Waals surface area contributed by atoms with E-state index < -0.39 is 12.1 Å². The second-order valence-corrected chi connectivity index (χ2v) is 6.96. The molecule has 23 heavy (non-hydrogen) atoms. The first kappa shape index (κ1) is 17.4. The van der Waals surface area contributed by atoms with Gasteiger partial charge in [0, 0.05) is 11.4 Å². The van der Waals surface area contributed by atoms with E-state index in [9.17, 15) is 9.90 Å². The van der Waals surface area contributed by atoms with E-state index >= 15 is 0 Å². The van der Waals surface area contributed by atoms with Crippen molar-refractivity contribution < 1.29 is 14.6 Å². The fraction of sp³-hybridized carbons (Fsp3) is 0.316. The van der Waals surface area contributed by atoms with Gasteiger partial charge in [0.05, 0.1) is 0 Å². The monoisotopic (exact) mass is 332 g/mol. The molecule has 2 rings (SSSR count). The van der Waals surface area contributed by atoms with Gasteiger partial charge in [-0.05, 0) is 34.7 Å². The molecule has 0 radical (unpaired) electrons. The van der Waals surface area contributed by atoms with Gasteiger partial charge in [-0.2, -0.15) is 0 Å². The second kappa shape index (κ2) is 7.05. The summed E-state index contributed by atoms with van der Waals surface area (Å²) in [4.78, 5) is 11.6. The van der Waals surface area contributed by atoms with Crippen molar-refractivity contribution in [2.75, 3.05) is 0 Å². The molecular weight excluding hydrogens is 312 g/mol. The molecule has 0 saturated carbocycles. The minimum absolute atomic E-state index is 0.125. The molecule has 1 atom stereocenters. The number of aliphatic carboxylic acids is 1. The standard InChI is InChI=1S/C19H21ClO3/c1-19(2,3)15-6-4-5-7-16(15)23-17(18(21)22)12-13-8-10-14(20)11-9-13/h4-11,17H,12H2,1-3H3,(H,21,22)/t17-/m0/s1. The number of rotatable bonds is 5. The maximum atomic E-state index is 11.6. The first-order valence-electron chi connectivity index (χ1n) is 7.51. The Hall–Kier alpha value is -2.00. The molecule has 0 unspecified atom stereocenters. The van der Waals surface area contributed by atoms with Crippen LogP contribution in [-0.4, -0.2) is 17.2 Å². The Bertz CT molecular complexity index is 672. The van der Waals surface area contributed by atoms with E-state index in [1.165, 1.54) is 0 Å². The molecule has 0 spiro atoms. The number of hydrogen-bond donors (Lipinski definition) is 1. The van der Waals surface area contributed by atoms with Crippen LogP contribution in [0.3, 0.4) is 0 Å². The van der Waals surface area contributed by atoms with Gasteiger partial charge in [0.15, 0.2) is 6.10 Å². The molecule has 4 heteroatoms. The molecule has 0 saturated heterocycles. The number of para-hydroxylation sites is 1. The summed E-state index contributed by atoms with van der Waals surface area (Å²) in [6.45, 7) is 6.22. The molecule has 122 valence electrons. The van der Waals surface area contributed by atoms with E-state index in [4.69, 9.17) is 16.3 Å². The van der Waals surface area contributed by atoms with Crippen LogP contribution in [0.15, 0.2) is 48.5 Å². The lowest BCUT2D eigenvalue weighted by Gasteiger charge is -2.24. The van der Waals surface area contributed by atoms with Crippen molar-refractivity contribution in [3.05, 3.63) is 64.7 Å². The van der Waals surface area contributed by atoms with E-state index in [1.807, 2.05) is 36.4 Å². The predicted octanol–water partition coefficient (Wildman–Crippen LogP) is 4.71. The van der Waals surface area contributed by atoms with Crippen molar-refractivity contribution in [3.8, 4) is 5.75 Å². The number of halogens is 1. The van der Waals surface area contributed by atoms with Crippen LogP contribution in [-0.2, 0) is 16.6 Å². The third kappa shape index (κ3) is 4.73. The van der Waals surface area contributed by atoms with E-state index in [-0.39, 0.29) is 11.8 Å². The van der Waals surface area contributed by atoms with Gasteiger partial charge in [-0.1, -0.05) is 62.7 Å². The highest BCUT2D eigenvalue weighted by Crippen LogP contribution is 2.32. The Balaban J connectivity index is 2.24. The Morgan fingerprint density at radius 2 is 1.74 bits per heavy atom. The molecule has 0 fully saturated rings. The number of ether oxygens (including phenoxy) is 1. The highest BCUT2D eigenvalue weighted by molar-refractivity contribution is 6.30. The summed E-state index contributed by atoms with van der Waals surface area (Å²) in [6.07, 6.45) is -0.662. The quantitative estimate of drug-likeness (QED) is 0.862. The van der Waals surface area contributed by atoms with E-state index in [1.54, 1.807) is 12.1 Å². The van der Waals surface area contributed by atoms with E-state index in [2.05, 4.69) is 20.8 Å². The minimum Gasteiger partial charge on any atom is -0.478 e. The maximum absolute atomic E-state index is 11.6. The average molecular weight is 333 g/mol. The summed E-state index contributed by atoms with van der Waals surface area (Å²) in [7, 11) is 0. The summed E-state index contributed by atoms with van der Waals surface area (Å²) in [5.74, 6) is -0.370. The van der Waals surface area contributed by atoms with Gasteiger partial charge in [-0.25, -0.2) is 4.79 Å². The van der Waals surface area contributed by atoms with Crippen molar-refractivity contribution in [2.45, 2.75) is 38.7 Å². The molecule has 2 aromatic carbocycles. The van der Waals surface area contributed by atoms with Crippen molar-refractivity contribution in [1.29, 1.82) is 0 Å². The molecular formula is C19H21ClO3. The number of hydrogen-bond acceptors (Lipinski definition) is 2. The van der Waals surface area contributed by atoms with Crippen LogP contribution < -0.4 is 4.74 Å². The van der Waals surface area contributed by atoms with Crippen LogP contribution >= 0.6 is 11.6 Å². The van der Waals surface area contributed by atoms with Gasteiger partial charge in [-0.15, -0.1) is 0 Å². The van der Waals surface area contributed by atoms with Crippen molar-refractivity contribution >= 4 is 17.6 Å². The first-order chi connectivity index (χ1) is 10.8. The maximum Gasteiger partial charge on any atom is 0.345 e. The average Bonchev–Trinajstić information content (AvgIpc) is 2.48.